The Bertz CT molecular complexity index is 731. The molecule has 20 heavy (non-hydrogen) atoms. The summed E-state index contributed by atoms with van der Waals surface area (Å²) in [5.41, 5.74) is 10.2. The Morgan fingerprint density at radius 3 is 2.60 bits per heavy atom. The van der Waals surface area contributed by atoms with Crippen molar-refractivity contribution in [2.24, 2.45) is 0 Å². The van der Waals surface area contributed by atoms with Gasteiger partial charge in [-0.2, -0.15) is 0 Å². The molecule has 0 bridgehead atoms. The molecule has 0 aliphatic carbocycles. The zero-order valence-corrected chi connectivity index (χ0v) is 12.8. The van der Waals surface area contributed by atoms with Gasteiger partial charge in [-0.1, -0.05) is 0 Å². The average molecular weight is 287 g/mol. The van der Waals surface area contributed by atoms with E-state index in [4.69, 9.17) is 5.73 Å². The third-order valence-electron chi connectivity index (χ3n) is 3.90. The number of amides is 1. The van der Waals surface area contributed by atoms with Crippen LogP contribution in [0.25, 0.3) is 11.3 Å². The molecule has 1 aromatic heterocycles. The summed E-state index contributed by atoms with van der Waals surface area (Å²) in [6.45, 7) is 7.91. The van der Waals surface area contributed by atoms with E-state index in [0.717, 1.165) is 32.9 Å². The highest BCUT2D eigenvalue weighted by atomic mass is 32.1. The van der Waals surface area contributed by atoms with E-state index < -0.39 is 5.41 Å². The number of aromatic nitrogens is 1. The maximum absolute atomic E-state index is 12.1. The molecule has 0 atom stereocenters. The summed E-state index contributed by atoms with van der Waals surface area (Å²) in [7, 11) is 0. The van der Waals surface area contributed by atoms with Gasteiger partial charge in [0, 0.05) is 16.1 Å². The number of hydrogen-bond donors (Lipinski definition) is 2. The van der Waals surface area contributed by atoms with Crippen molar-refractivity contribution < 1.29 is 4.79 Å². The van der Waals surface area contributed by atoms with Crippen LogP contribution in [-0.2, 0) is 10.2 Å². The molecule has 3 rings (SSSR count). The van der Waals surface area contributed by atoms with Crippen LogP contribution in [0.1, 0.15) is 29.9 Å². The number of hydrogen-bond acceptors (Lipinski definition) is 4. The molecular formula is C15H17N3OS. The highest BCUT2D eigenvalue weighted by Crippen LogP contribution is 2.42. The van der Waals surface area contributed by atoms with Crippen LogP contribution in [0, 0.1) is 13.8 Å². The van der Waals surface area contributed by atoms with Gasteiger partial charge in [-0.25, -0.2) is 4.98 Å². The lowest BCUT2D eigenvalue weighted by atomic mass is 9.84. The van der Waals surface area contributed by atoms with Crippen molar-refractivity contribution in [3.05, 3.63) is 28.1 Å². The lowest BCUT2D eigenvalue weighted by molar-refractivity contribution is -0.119. The SMILES string of the molecule is Cc1cc(-c2nc(N)sc2C)cc2c1NC(=O)C2(C)C. The van der Waals surface area contributed by atoms with Crippen molar-refractivity contribution in [1.29, 1.82) is 0 Å². The van der Waals surface area contributed by atoms with Crippen molar-refractivity contribution >= 4 is 28.1 Å². The fraction of sp³-hybridized carbons (Fsp3) is 0.333. The minimum atomic E-state index is -0.508. The first-order chi connectivity index (χ1) is 9.30. The molecule has 0 fully saturated rings. The molecule has 0 saturated carbocycles. The number of carbonyl (C=O) groups excluding carboxylic acids is 1. The Hall–Kier alpha value is -1.88. The molecule has 1 amide bonds. The summed E-state index contributed by atoms with van der Waals surface area (Å²) in [5.74, 6) is 0.0438. The number of nitrogen functional groups attached to an aromatic ring is 1. The van der Waals surface area contributed by atoms with Gasteiger partial charge in [0.05, 0.1) is 11.1 Å². The molecule has 104 valence electrons. The van der Waals surface area contributed by atoms with Crippen LogP contribution in [0.15, 0.2) is 12.1 Å². The number of thiazole rings is 1. The standard InChI is InChI=1S/C15H17N3OS/c1-7-5-9(12-8(2)20-14(16)18-12)6-10-11(7)17-13(19)15(10,3)4/h5-6H,1-4H3,(H2,16,18)(H,17,19). The van der Waals surface area contributed by atoms with Crippen LogP contribution in [0.5, 0.6) is 0 Å². The summed E-state index contributed by atoms with van der Waals surface area (Å²) in [4.78, 5) is 17.6. The Labute approximate surface area is 122 Å². The lowest BCUT2D eigenvalue weighted by Crippen LogP contribution is -2.26. The Morgan fingerprint density at radius 1 is 1.30 bits per heavy atom. The van der Waals surface area contributed by atoms with E-state index in [-0.39, 0.29) is 5.91 Å². The number of rotatable bonds is 1. The molecule has 1 aliphatic rings. The molecule has 5 heteroatoms. The lowest BCUT2D eigenvalue weighted by Gasteiger charge is -2.16. The van der Waals surface area contributed by atoms with Gasteiger partial charge in [0.15, 0.2) is 5.13 Å². The van der Waals surface area contributed by atoms with Crippen molar-refractivity contribution in [2.45, 2.75) is 33.1 Å². The largest absolute Gasteiger partial charge is 0.375 e. The van der Waals surface area contributed by atoms with Crippen LogP contribution in [0.3, 0.4) is 0 Å². The summed E-state index contributed by atoms with van der Waals surface area (Å²) in [6.07, 6.45) is 0. The van der Waals surface area contributed by atoms with Crippen molar-refractivity contribution in [3.8, 4) is 11.3 Å². The molecule has 2 heterocycles. The summed E-state index contributed by atoms with van der Waals surface area (Å²) in [6, 6.07) is 4.11. The van der Waals surface area contributed by atoms with Crippen molar-refractivity contribution in [1.82, 2.24) is 4.98 Å². The zero-order valence-electron chi connectivity index (χ0n) is 12.0. The van der Waals surface area contributed by atoms with Crippen molar-refractivity contribution in [2.75, 3.05) is 11.1 Å². The molecule has 3 N–H and O–H groups in total. The predicted octanol–water partition coefficient (Wildman–Crippen LogP) is 3.24. The fourth-order valence-corrected chi connectivity index (χ4v) is 3.37. The maximum atomic E-state index is 12.1. The summed E-state index contributed by atoms with van der Waals surface area (Å²) >= 11 is 1.49. The number of benzene rings is 1. The van der Waals surface area contributed by atoms with E-state index in [2.05, 4.69) is 22.4 Å². The zero-order chi connectivity index (χ0) is 14.7. The minimum absolute atomic E-state index is 0.0438. The number of nitrogens with one attached hydrogen (secondary N) is 1. The quantitative estimate of drug-likeness (QED) is 0.846. The molecule has 0 saturated heterocycles. The number of carbonyl (C=O) groups is 1. The first-order valence-corrected chi connectivity index (χ1v) is 7.32. The fourth-order valence-electron chi connectivity index (χ4n) is 2.66. The van der Waals surface area contributed by atoms with Crippen LogP contribution in [-0.4, -0.2) is 10.9 Å². The normalized spacial score (nSPS) is 16.1. The third kappa shape index (κ3) is 1.73. The van der Waals surface area contributed by atoms with E-state index in [0.29, 0.717) is 5.13 Å². The van der Waals surface area contributed by atoms with E-state index in [1.807, 2.05) is 27.7 Å². The van der Waals surface area contributed by atoms with Gasteiger partial charge in [0.2, 0.25) is 5.91 Å². The van der Waals surface area contributed by atoms with Gasteiger partial charge >= 0.3 is 0 Å². The molecule has 1 aromatic carbocycles. The van der Waals surface area contributed by atoms with Crippen LogP contribution in [0.4, 0.5) is 10.8 Å². The maximum Gasteiger partial charge on any atom is 0.234 e. The third-order valence-corrected chi connectivity index (χ3v) is 4.70. The van der Waals surface area contributed by atoms with Gasteiger partial charge in [-0.15, -0.1) is 11.3 Å². The number of anilines is 2. The second kappa shape index (κ2) is 4.06. The predicted molar refractivity (Wildman–Crippen MR) is 83.1 cm³/mol. The number of fused-ring (bicyclic) bond motifs is 1. The van der Waals surface area contributed by atoms with Crippen molar-refractivity contribution in [3.63, 3.8) is 0 Å². The summed E-state index contributed by atoms with van der Waals surface area (Å²) in [5, 5.41) is 3.55. The Morgan fingerprint density at radius 2 is 2.00 bits per heavy atom. The number of aryl methyl sites for hydroxylation is 2. The number of nitrogens with zero attached hydrogens (tertiary/aromatic N) is 1. The second-order valence-corrected chi connectivity index (χ2v) is 6.99. The van der Waals surface area contributed by atoms with E-state index >= 15 is 0 Å². The Kier molecular flexibility index (Phi) is 2.66. The Balaban J connectivity index is 2.23. The highest BCUT2D eigenvalue weighted by molar-refractivity contribution is 7.15. The van der Waals surface area contributed by atoms with E-state index in [1.54, 1.807) is 0 Å². The molecule has 0 spiro atoms. The van der Waals surface area contributed by atoms with Crippen LogP contribution < -0.4 is 11.1 Å². The van der Waals surface area contributed by atoms with Gasteiger partial charge in [-0.3, -0.25) is 4.79 Å². The smallest absolute Gasteiger partial charge is 0.234 e. The molecule has 0 unspecified atom stereocenters. The van der Waals surface area contributed by atoms with Gasteiger partial charge in [-0.05, 0) is 51.0 Å². The molecule has 2 aromatic rings. The first kappa shape index (κ1) is 13.1. The highest BCUT2D eigenvalue weighted by Gasteiger charge is 2.39. The average Bonchev–Trinajstić information content (AvgIpc) is 2.80. The van der Waals surface area contributed by atoms with E-state index in [9.17, 15) is 4.79 Å². The second-order valence-electron chi connectivity index (χ2n) is 5.75. The van der Waals surface area contributed by atoms with Gasteiger partial charge < -0.3 is 11.1 Å². The topological polar surface area (TPSA) is 68.0 Å². The van der Waals surface area contributed by atoms with Gasteiger partial charge in [0.25, 0.3) is 0 Å². The minimum Gasteiger partial charge on any atom is -0.375 e. The van der Waals surface area contributed by atoms with E-state index in [1.165, 1.54) is 11.3 Å². The molecule has 0 radical (unpaired) electrons. The number of nitrogens with two attached hydrogens (primary N) is 1. The van der Waals surface area contributed by atoms with Gasteiger partial charge in [0.1, 0.15) is 0 Å². The van der Waals surface area contributed by atoms with Crippen LogP contribution >= 0.6 is 11.3 Å². The first-order valence-electron chi connectivity index (χ1n) is 6.50. The molecule has 1 aliphatic heterocycles. The monoisotopic (exact) mass is 287 g/mol. The summed E-state index contributed by atoms with van der Waals surface area (Å²) < 4.78 is 0. The molecular weight excluding hydrogens is 270 g/mol. The molecule has 4 nitrogen and oxygen atoms in total. The van der Waals surface area contributed by atoms with Crippen LogP contribution in [0.2, 0.25) is 0 Å².